The minimum Gasteiger partial charge on any atom is -0.457 e. The number of esters is 1. The maximum absolute atomic E-state index is 11.4. The van der Waals surface area contributed by atoms with Crippen LogP contribution in [0, 0.1) is 0 Å². The molecule has 0 radical (unpaired) electrons. The Balaban J connectivity index is 3.40. The minimum atomic E-state index is -0.533. The van der Waals surface area contributed by atoms with Gasteiger partial charge < -0.3 is 14.6 Å². The molecule has 0 aliphatic heterocycles. The van der Waals surface area contributed by atoms with Crippen LogP contribution in [0.2, 0.25) is 0 Å². The summed E-state index contributed by atoms with van der Waals surface area (Å²) in [6, 6.07) is 0. The molecule has 0 rings (SSSR count). The molecule has 190 valence electrons. The Bertz CT molecular complexity index is 534. The van der Waals surface area contributed by atoms with Gasteiger partial charge in [-0.25, -0.2) is 0 Å². The summed E-state index contributed by atoms with van der Waals surface area (Å²) >= 11 is 0. The highest BCUT2D eigenvalue weighted by molar-refractivity contribution is 5.69. The van der Waals surface area contributed by atoms with Gasteiger partial charge in [-0.1, -0.05) is 94.6 Å². The Morgan fingerprint density at radius 1 is 0.758 bits per heavy atom. The Labute approximate surface area is 203 Å². The summed E-state index contributed by atoms with van der Waals surface area (Å²) in [6.07, 6.45) is 32.5. The zero-order valence-corrected chi connectivity index (χ0v) is 21.4. The van der Waals surface area contributed by atoms with Crippen molar-refractivity contribution in [3.8, 4) is 0 Å². The van der Waals surface area contributed by atoms with E-state index < -0.39 is 6.10 Å². The van der Waals surface area contributed by atoms with Crippen molar-refractivity contribution in [2.45, 2.75) is 110 Å². The lowest BCUT2D eigenvalue weighted by atomic mass is 10.1. The quantitative estimate of drug-likeness (QED) is 0.0963. The van der Waals surface area contributed by atoms with Crippen LogP contribution in [-0.4, -0.2) is 37.0 Å². The third-order valence-corrected chi connectivity index (χ3v) is 5.14. The van der Waals surface area contributed by atoms with E-state index in [2.05, 4.69) is 55.5 Å². The summed E-state index contributed by atoms with van der Waals surface area (Å²) in [6.45, 7) is 4.84. The van der Waals surface area contributed by atoms with Crippen molar-refractivity contribution in [3.63, 3.8) is 0 Å². The summed E-state index contributed by atoms with van der Waals surface area (Å²) in [5.41, 5.74) is 0. The normalized spacial score (nSPS) is 13.2. The molecule has 0 spiro atoms. The van der Waals surface area contributed by atoms with Crippen molar-refractivity contribution in [2.24, 2.45) is 0 Å². The molecule has 0 aromatic heterocycles. The molecule has 0 aliphatic rings. The predicted octanol–water partition coefficient (Wildman–Crippen LogP) is 7.63. The van der Waals surface area contributed by atoms with Crippen LogP contribution in [0.1, 0.15) is 104 Å². The van der Waals surface area contributed by atoms with Gasteiger partial charge in [0.05, 0.1) is 13.2 Å². The van der Waals surface area contributed by atoms with Gasteiger partial charge in [-0.3, -0.25) is 4.79 Å². The van der Waals surface area contributed by atoms with Crippen LogP contribution in [0.25, 0.3) is 0 Å². The first-order valence-corrected chi connectivity index (χ1v) is 13.2. The molecular weight excluding hydrogens is 412 g/mol. The predicted molar refractivity (Wildman–Crippen MR) is 140 cm³/mol. The van der Waals surface area contributed by atoms with Crippen molar-refractivity contribution in [3.05, 3.63) is 48.6 Å². The second-order valence-electron chi connectivity index (χ2n) is 8.38. The van der Waals surface area contributed by atoms with Gasteiger partial charge >= 0.3 is 5.97 Å². The number of aliphatic hydroxyl groups excluding tert-OH is 1. The first-order valence-electron chi connectivity index (χ1n) is 13.2. The fourth-order valence-electron chi connectivity index (χ4n) is 3.24. The smallest absolute Gasteiger partial charge is 0.306 e. The fraction of sp³-hybridized carbons (Fsp3) is 0.690. The number of carbonyl (C=O) groups is 1. The summed E-state index contributed by atoms with van der Waals surface area (Å²) in [5, 5.41) is 9.25. The molecule has 0 aromatic rings. The van der Waals surface area contributed by atoms with Gasteiger partial charge in [-0.15, -0.1) is 0 Å². The number of unbranched alkanes of at least 4 members (excludes halogenated alkanes) is 7. The van der Waals surface area contributed by atoms with Crippen molar-refractivity contribution < 1.29 is 19.4 Å². The minimum absolute atomic E-state index is 0.184. The van der Waals surface area contributed by atoms with E-state index in [1.807, 2.05) is 6.92 Å². The van der Waals surface area contributed by atoms with Crippen LogP contribution in [-0.2, 0) is 14.3 Å². The van der Waals surface area contributed by atoms with E-state index in [1.165, 1.54) is 38.5 Å². The fourth-order valence-corrected chi connectivity index (χ4v) is 3.24. The SMILES string of the molecule is CC/C=C\C/C=C\C/C=C\C/C=C\CCCCCCCCCOCC(CO)OC(=O)CCC. The largest absolute Gasteiger partial charge is 0.457 e. The van der Waals surface area contributed by atoms with Crippen molar-refractivity contribution in [1.82, 2.24) is 0 Å². The van der Waals surface area contributed by atoms with Crippen LogP contribution in [0.15, 0.2) is 48.6 Å². The van der Waals surface area contributed by atoms with Gasteiger partial charge in [0.2, 0.25) is 0 Å². The standard InChI is InChI=1S/C29H50O4/c1-3-5-6-7-8-9-10-11-12-13-14-15-16-17-18-19-20-21-22-23-25-32-27-28(26-30)33-29(31)24-4-2/h5-6,8-9,11-12,14-15,28,30H,3-4,7,10,13,16-27H2,1-2H3/b6-5-,9-8-,12-11-,15-14-. The Morgan fingerprint density at radius 3 is 1.88 bits per heavy atom. The lowest BCUT2D eigenvalue weighted by Crippen LogP contribution is -2.27. The molecule has 1 N–H and O–H groups in total. The number of hydrogen-bond donors (Lipinski definition) is 1. The summed E-state index contributed by atoms with van der Waals surface area (Å²) in [5.74, 6) is -0.262. The van der Waals surface area contributed by atoms with Gasteiger partial charge in [0.1, 0.15) is 6.10 Å². The zero-order chi connectivity index (χ0) is 24.2. The molecule has 0 amide bonds. The Hall–Kier alpha value is -1.65. The van der Waals surface area contributed by atoms with Crippen LogP contribution < -0.4 is 0 Å². The molecule has 0 aliphatic carbocycles. The van der Waals surface area contributed by atoms with E-state index in [1.54, 1.807) is 0 Å². The highest BCUT2D eigenvalue weighted by Gasteiger charge is 2.12. The molecule has 33 heavy (non-hydrogen) atoms. The van der Waals surface area contributed by atoms with Crippen LogP contribution in [0.3, 0.4) is 0 Å². The van der Waals surface area contributed by atoms with Crippen molar-refractivity contribution in [2.75, 3.05) is 19.8 Å². The van der Waals surface area contributed by atoms with E-state index in [0.717, 1.165) is 44.9 Å². The van der Waals surface area contributed by atoms with Gasteiger partial charge in [0.25, 0.3) is 0 Å². The highest BCUT2D eigenvalue weighted by atomic mass is 16.6. The molecule has 1 unspecified atom stereocenters. The van der Waals surface area contributed by atoms with E-state index in [0.29, 0.717) is 13.0 Å². The monoisotopic (exact) mass is 462 g/mol. The number of aliphatic hydroxyl groups is 1. The van der Waals surface area contributed by atoms with Gasteiger partial charge in [0, 0.05) is 13.0 Å². The lowest BCUT2D eigenvalue weighted by Gasteiger charge is -2.15. The maximum Gasteiger partial charge on any atom is 0.306 e. The summed E-state index contributed by atoms with van der Waals surface area (Å²) in [4.78, 5) is 11.4. The van der Waals surface area contributed by atoms with Gasteiger partial charge in [0.15, 0.2) is 0 Å². The van der Waals surface area contributed by atoms with Crippen LogP contribution >= 0.6 is 0 Å². The molecule has 0 fully saturated rings. The Morgan fingerprint density at radius 2 is 1.30 bits per heavy atom. The molecular formula is C29H50O4. The summed E-state index contributed by atoms with van der Waals surface area (Å²) in [7, 11) is 0. The van der Waals surface area contributed by atoms with Crippen molar-refractivity contribution in [1.29, 1.82) is 0 Å². The number of hydrogen-bond acceptors (Lipinski definition) is 4. The average Bonchev–Trinajstić information content (AvgIpc) is 2.81. The maximum atomic E-state index is 11.4. The third kappa shape index (κ3) is 24.8. The topological polar surface area (TPSA) is 55.8 Å². The summed E-state index contributed by atoms with van der Waals surface area (Å²) < 4.78 is 10.7. The van der Waals surface area contributed by atoms with Gasteiger partial charge in [-0.2, -0.15) is 0 Å². The van der Waals surface area contributed by atoms with Gasteiger partial charge in [-0.05, 0) is 51.4 Å². The van der Waals surface area contributed by atoms with E-state index in [-0.39, 0.29) is 19.2 Å². The van der Waals surface area contributed by atoms with Crippen LogP contribution in [0.5, 0.6) is 0 Å². The first-order chi connectivity index (χ1) is 16.2. The molecule has 0 saturated heterocycles. The second kappa shape index (κ2) is 26.6. The molecule has 1 atom stereocenters. The third-order valence-electron chi connectivity index (χ3n) is 5.14. The molecule has 4 heteroatoms. The van der Waals surface area contributed by atoms with E-state index in [9.17, 15) is 9.90 Å². The zero-order valence-electron chi connectivity index (χ0n) is 21.4. The highest BCUT2D eigenvalue weighted by Crippen LogP contribution is 2.09. The number of allylic oxidation sites excluding steroid dienone is 8. The number of carbonyl (C=O) groups excluding carboxylic acids is 1. The molecule has 0 saturated carbocycles. The molecule has 0 heterocycles. The Kier molecular flexibility index (Phi) is 25.3. The van der Waals surface area contributed by atoms with E-state index >= 15 is 0 Å². The average molecular weight is 463 g/mol. The molecule has 0 bridgehead atoms. The van der Waals surface area contributed by atoms with E-state index in [4.69, 9.17) is 9.47 Å². The molecule has 4 nitrogen and oxygen atoms in total. The first kappa shape index (κ1) is 31.4. The van der Waals surface area contributed by atoms with Crippen LogP contribution in [0.4, 0.5) is 0 Å². The number of rotatable bonds is 23. The van der Waals surface area contributed by atoms with Crippen molar-refractivity contribution >= 4 is 5.97 Å². The molecule has 0 aromatic carbocycles. The lowest BCUT2D eigenvalue weighted by molar-refractivity contribution is -0.154. The second-order valence-corrected chi connectivity index (χ2v) is 8.38. The number of ether oxygens (including phenoxy) is 2.